The monoisotopic (exact) mass is 469 g/mol. The highest BCUT2D eigenvalue weighted by molar-refractivity contribution is 5.97. The van der Waals surface area contributed by atoms with Crippen molar-refractivity contribution in [3.63, 3.8) is 0 Å². The van der Waals surface area contributed by atoms with Crippen molar-refractivity contribution in [3.8, 4) is 0 Å². The van der Waals surface area contributed by atoms with Crippen molar-refractivity contribution in [1.82, 2.24) is 4.98 Å². The van der Waals surface area contributed by atoms with Crippen LogP contribution in [0.5, 0.6) is 0 Å². The lowest BCUT2D eigenvalue weighted by atomic mass is 9.77. The van der Waals surface area contributed by atoms with Gasteiger partial charge < -0.3 is 4.74 Å². The molecule has 0 saturated heterocycles. The van der Waals surface area contributed by atoms with Crippen molar-refractivity contribution in [1.29, 1.82) is 0 Å². The van der Waals surface area contributed by atoms with Crippen LogP contribution in [0.25, 0.3) is 17.2 Å². The Morgan fingerprint density at radius 2 is 1.91 bits per heavy atom. The number of hydrogen-bond donors (Lipinski definition) is 0. The number of esters is 1. The molecule has 2 aromatic rings. The first-order valence-electron chi connectivity index (χ1n) is 13.2. The van der Waals surface area contributed by atoms with Gasteiger partial charge in [-0.25, -0.2) is 4.79 Å². The van der Waals surface area contributed by atoms with E-state index >= 15 is 0 Å². The van der Waals surface area contributed by atoms with Gasteiger partial charge in [0.15, 0.2) is 0 Å². The maximum absolute atomic E-state index is 13.3. The summed E-state index contributed by atoms with van der Waals surface area (Å²) in [4.78, 5) is 18.2. The van der Waals surface area contributed by atoms with Crippen molar-refractivity contribution < 1.29 is 9.53 Å². The van der Waals surface area contributed by atoms with Gasteiger partial charge in [0.05, 0.1) is 17.9 Å². The zero-order valence-electron chi connectivity index (χ0n) is 21.9. The number of hydrogen-bond acceptors (Lipinski definition) is 3. The molecule has 1 saturated carbocycles. The van der Waals surface area contributed by atoms with Gasteiger partial charge >= 0.3 is 5.97 Å². The minimum Gasteiger partial charge on any atom is -0.462 e. The Balaban J connectivity index is 1.75. The predicted molar refractivity (Wildman–Crippen MR) is 146 cm³/mol. The standard InChI is InChI=1S/C32H39NO2/c1-6-7-10-26-12-13-27(19-29(26)32(34)35-20-25-15-23(4)16-25)28-17-21(2)14-22(3)18-30(28)31-11-8-9-24(5)33-31/h7-14,19,22-23,25H,6,15-18,20H2,1-5H3. The first-order chi connectivity index (χ1) is 16.8. The van der Waals surface area contributed by atoms with Crippen molar-refractivity contribution in [2.45, 2.75) is 66.7 Å². The van der Waals surface area contributed by atoms with Gasteiger partial charge in [0, 0.05) is 5.69 Å². The molecule has 0 N–H and O–H groups in total. The number of benzene rings is 1. The predicted octanol–water partition coefficient (Wildman–Crippen LogP) is 8.30. The maximum Gasteiger partial charge on any atom is 0.338 e. The van der Waals surface area contributed by atoms with Gasteiger partial charge in [0.1, 0.15) is 0 Å². The molecule has 3 nitrogen and oxygen atoms in total. The molecule has 1 atom stereocenters. The average molecular weight is 470 g/mol. The number of pyridine rings is 1. The van der Waals surface area contributed by atoms with Crippen LogP contribution >= 0.6 is 0 Å². The second-order valence-corrected chi connectivity index (χ2v) is 10.6. The summed E-state index contributed by atoms with van der Waals surface area (Å²) in [5.74, 6) is 1.47. The minimum absolute atomic E-state index is 0.216. The van der Waals surface area contributed by atoms with Crippen LogP contribution in [0.15, 0.2) is 54.1 Å². The summed E-state index contributed by atoms with van der Waals surface area (Å²) in [6, 6.07) is 12.5. The van der Waals surface area contributed by atoms with E-state index in [1.807, 2.05) is 19.1 Å². The minimum atomic E-state index is -0.216. The Morgan fingerprint density at radius 1 is 1.11 bits per heavy atom. The molecule has 4 rings (SSSR count). The number of ether oxygens (including phenoxy) is 1. The van der Waals surface area contributed by atoms with Gasteiger partial charge in [-0.3, -0.25) is 4.98 Å². The lowest BCUT2D eigenvalue weighted by molar-refractivity contribution is 0.0303. The van der Waals surface area contributed by atoms with E-state index < -0.39 is 0 Å². The van der Waals surface area contributed by atoms with Gasteiger partial charge in [-0.1, -0.05) is 62.8 Å². The normalized spacial score (nSPS) is 22.5. The molecule has 184 valence electrons. The fourth-order valence-electron chi connectivity index (χ4n) is 5.47. The lowest BCUT2D eigenvalue weighted by Crippen LogP contribution is -2.26. The first-order valence-corrected chi connectivity index (χ1v) is 13.2. The molecule has 0 aliphatic heterocycles. The molecule has 2 aliphatic rings. The highest BCUT2D eigenvalue weighted by Crippen LogP contribution is 2.39. The quantitative estimate of drug-likeness (QED) is 0.302. The van der Waals surface area contributed by atoms with Crippen LogP contribution in [0.2, 0.25) is 0 Å². The summed E-state index contributed by atoms with van der Waals surface area (Å²) < 4.78 is 5.82. The Morgan fingerprint density at radius 3 is 2.63 bits per heavy atom. The van der Waals surface area contributed by atoms with E-state index in [1.54, 1.807) is 0 Å². The third kappa shape index (κ3) is 6.20. The molecular weight excluding hydrogens is 430 g/mol. The van der Waals surface area contributed by atoms with E-state index in [9.17, 15) is 4.79 Å². The molecule has 2 aliphatic carbocycles. The number of carbonyl (C=O) groups is 1. The lowest BCUT2D eigenvalue weighted by Gasteiger charge is -2.32. The first kappa shape index (κ1) is 25.2. The van der Waals surface area contributed by atoms with Gasteiger partial charge in [0.2, 0.25) is 0 Å². The van der Waals surface area contributed by atoms with Crippen LogP contribution in [-0.2, 0) is 4.74 Å². The summed E-state index contributed by atoms with van der Waals surface area (Å²) in [5, 5.41) is 0. The molecule has 1 aromatic carbocycles. The smallest absolute Gasteiger partial charge is 0.338 e. The number of aromatic nitrogens is 1. The molecule has 1 unspecified atom stereocenters. The molecule has 35 heavy (non-hydrogen) atoms. The SMILES string of the molecule is CCC=Cc1ccc(C2=C(c3cccc(C)n3)CC(C)C=C(C)C2)cc1C(=O)OCC1CC(C)C1. The third-order valence-corrected chi connectivity index (χ3v) is 7.19. The van der Waals surface area contributed by atoms with E-state index in [-0.39, 0.29) is 5.97 Å². The molecule has 0 bridgehead atoms. The summed E-state index contributed by atoms with van der Waals surface area (Å²) in [5.41, 5.74) is 8.60. The van der Waals surface area contributed by atoms with Crippen LogP contribution in [0.1, 0.15) is 92.7 Å². The number of carbonyl (C=O) groups excluding carboxylic acids is 1. The molecule has 1 aromatic heterocycles. The van der Waals surface area contributed by atoms with Crippen molar-refractivity contribution in [2.24, 2.45) is 17.8 Å². The molecule has 0 amide bonds. The zero-order valence-corrected chi connectivity index (χ0v) is 21.9. The van der Waals surface area contributed by atoms with Crippen LogP contribution in [0.4, 0.5) is 0 Å². The molecular formula is C32H39NO2. The topological polar surface area (TPSA) is 39.2 Å². The van der Waals surface area contributed by atoms with Gasteiger partial charge in [-0.05, 0) is 104 Å². The van der Waals surface area contributed by atoms with Crippen LogP contribution in [0.3, 0.4) is 0 Å². The summed E-state index contributed by atoms with van der Waals surface area (Å²) in [6.07, 6.45) is 11.5. The average Bonchev–Trinajstić information content (AvgIpc) is 2.96. The highest BCUT2D eigenvalue weighted by Gasteiger charge is 2.27. The number of rotatable bonds is 7. The van der Waals surface area contributed by atoms with E-state index in [0.717, 1.165) is 60.5 Å². The fourth-order valence-corrected chi connectivity index (χ4v) is 5.47. The summed E-state index contributed by atoms with van der Waals surface area (Å²) in [6.45, 7) is 11.4. The van der Waals surface area contributed by atoms with Gasteiger partial charge in [-0.2, -0.15) is 0 Å². The van der Waals surface area contributed by atoms with Gasteiger partial charge in [-0.15, -0.1) is 0 Å². The molecule has 1 heterocycles. The van der Waals surface area contributed by atoms with Crippen LogP contribution < -0.4 is 0 Å². The number of aryl methyl sites for hydroxylation is 1. The number of nitrogens with zero attached hydrogens (tertiary/aromatic N) is 1. The van der Waals surface area contributed by atoms with Crippen molar-refractivity contribution >= 4 is 23.2 Å². The van der Waals surface area contributed by atoms with Crippen LogP contribution in [-0.4, -0.2) is 17.6 Å². The van der Waals surface area contributed by atoms with Crippen LogP contribution in [0, 0.1) is 24.7 Å². The highest BCUT2D eigenvalue weighted by atomic mass is 16.5. The third-order valence-electron chi connectivity index (χ3n) is 7.19. The van der Waals surface area contributed by atoms with Crippen molar-refractivity contribution in [3.05, 3.63) is 82.2 Å². The van der Waals surface area contributed by atoms with E-state index in [2.05, 4.69) is 70.2 Å². The zero-order chi connectivity index (χ0) is 24.9. The second kappa shape index (κ2) is 11.2. The maximum atomic E-state index is 13.3. The van der Waals surface area contributed by atoms with E-state index in [0.29, 0.717) is 24.0 Å². The second-order valence-electron chi connectivity index (χ2n) is 10.6. The summed E-state index contributed by atoms with van der Waals surface area (Å²) >= 11 is 0. The van der Waals surface area contributed by atoms with E-state index in [4.69, 9.17) is 9.72 Å². The molecule has 3 heteroatoms. The van der Waals surface area contributed by atoms with E-state index in [1.165, 1.54) is 16.7 Å². The molecule has 0 spiro atoms. The fraction of sp³-hybridized carbons (Fsp3) is 0.438. The summed E-state index contributed by atoms with van der Waals surface area (Å²) in [7, 11) is 0. The molecule has 0 radical (unpaired) electrons. The Labute approximate surface area is 211 Å². The largest absolute Gasteiger partial charge is 0.462 e. The Kier molecular flexibility index (Phi) is 8.05. The van der Waals surface area contributed by atoms with Gasteiger partial charge in [0.25, 0.3) is 0 Å². The van der Waals surface area contributed by atoms with Crippen molar-refractivity contribution in [2.75, 3.05) is 6.61 Å². The molecule has 1 fully saturated rings. The number of allylic oxidation sites excluding steroid dienone is 5. The Hall–Kier alpha value is -2.94. The Bertz CT molecular complexity index is 1160.